The summed E-state index contributed by atoms with van der Waals surface area (Å²) in [6, 6.07) is 8.17. The summed E-state index contributed by atoms with van der Waals surface area (Å²) in [5.74, 6) is 0.874. The second kappa shape index (κ2) is 7.06. The smallest absolute Gasteiger partial charge is 0.318 e. The molecule has 0 saturated carbocycles. The number of H-pyrrole nitrogens is 2. The number of amides is 2. The Morgan fingerprint density at radius 2 is 2.22 bits per heavy atom. The van der Waals surface area contributed by atoms with E-state index in [1.807, 2.05) is 30.9 Å². The first-order valence-electron chi connectivity index (χ1n) is 9.54. The van der Waals surface area contributed by atoms with Gasteiger partial charge in [-0.3, -0.25) is 5.10 Å². The molecule has 0 spiro atoms. The van der Waals surface area contributed by atoms with Gasteiger partial charge in [-0.1, -0.05) is 6.07 Å². The molecule has 2 amide bonds. The minimum Gasteiger partial charge on any atom is -0.340 e. The number of benzene rings is 1. The topological polar surface area (TPSA) is 89.7 Å². The number of carbonyl (C=O) groups excluding carboxylic acids is 1. The molecule has 0 radical (unpaired) electrons. The van der Waals surface area contributed by atoms with Crippen molar-refractivity contribution in [1.29, 1.82) is 0 Å². The molecule has 3 N–H and O–H groups in total. The molecule has 27 heavy (non-hydrogen) atoms. The maximum Gasteiger partial charge on any atom is 0.318 e. The lowest BCUT2D eigenvalue weighted by Crippen LogP contribution is -2.44. The number of hydrogen-bond acceptors (Lipinski definition) is 3. The fraction of sp³-hybridized carbons (Fsp3) is 0.450. The summed E-state index contributed by atoms with van der Waals surface area (Å²) in [7, 11) is 0. The first-order valence-corrected chi connectivity index (χ1v) is 9.54. The van der Waals surface area contributed by atoms with Crippen molar-refractivity contribution in [2.24, 2.45) is 0 Å². The molecule has 1 fully saturated rings. The minimum atomic E-state index is -0.0334. The average Bonchev–Trinajstić information content (AvgIpc) is 3.33. The molecule has 2 atom stereocenters. The predicted molar refractivity (Wildman–Crippen MR) is 105 cm³/mol. The molecular formula is C20H26N6O. The number of urea groups is 1. The summed E-state index contributed by atoms with van der Waals surface area (Å²) in [5, 5.41) is 10.3. The van der Waals surface area contributed by atoms with Gasteiger partial charge in [0.1, 0.15) is 5.82 Å². The third kappa shape index (κ3) is 3.67. The molecule has 3 heterocycles. The second-order valence-corrected chi connectivity index (χ2v) is 7.59. The van der Waals surface area contributed by atoms with E-state index in [9.17, 15) is 4.79 Å². The molecule has 4 rings (SSSR count). The van der Waals surface area contributed by atoms with Crippen molar-refractivity contribution >= 4 is 17.1 Å². The Morgan fingerprint density at radius 3 is 3.00 bits per heavy atom. The van der Waals surface area contributed by atoms with E-state index in [1.165, 1.54) is 5.56 Å². The molecule has 0 bridgehead atoms. The van der Waals surface area contributed by atoms with Crippen molar-refractivity contribution < 1.29 is 4.79 Å². The highest BCUT2D eigenvalue weighted by Crippen LogP contribution is 2.31. The van der Waals surface area contributed by atoms with Gasteiger partial charge in [0, 0.05) is 24.7 Å². The molecule has 1 saturated heterocycles. The Hall–Kier alpha value is -2.83. The maximum absolute atomic E-state index is 12.8. The van der Waals surface area contributed by atoms with E-state index in [0.717, 1.165) is 47.6 Å². The van der Waals surface area contributed by atoms with Gasteiger partial charge in [0.25, 0.3) is 0 Å². The number of aromatic nitrogens is 4. The molecule has 7 heteroatoms. The molecule has 7 nitrogen and oxygen atoms in total. The number of hydrogen-bond donors (Lipinski definition) is 3. The quantitative estimate of drug-likeness (QED) is 0.661. The van der Waals surface area contributed by atoms with Gasteiger partial charge in [0.05, 0.1) is 22.8 Å². The minimum absolute atomic E-state index is 0.00228. The number of likely N-dealkylation sites (tertiary alicyclic amines) is 1. The molecule has 0 aliphatic carbocycles. The lowest BCUT2D eigenvalue weighted by Gasteiger charge is -2.25. The number of nitrogens with zero attached hydrogens (tertiary/aromatic N) is 3. The van der Waals surface area contributed by atoms with Crippen LogP contribution in [0.4, 0.5) is 4.79 Å². The van der Waals surface area contributed by atoms with Gasteiger partial charge in [0.2, 0.25) is 0 Å². The number of nitrogens with one attached hydrogen (secondary N) is 3. The van der Waals surface area contributed by atoms with E-state index in [2.05, 4.69) is 39.6 Å². The highest BCUT2D eigenvalue weighted by molar-refractivity contribution is 5.77. The summed E-state index contributed by atoms with van der Waals surface area (Å²) in [5.41, 5.74) is 5.17. The second-order valence-electron chi connectivity index (χ2n) is 7.59. The van der Waals surface area contributed by atoms with Gasteiger partial charge < -0.3 is 15.2 Å². The normalized spacial score (nSPS) is 18.2. The van der Waals surface area contributed by atoms with Crippen LogP contribution in [0.5, 0.6) is 0 Å². The van der Waals surface area contributed by atoms with Gasteiger partial charge >= 0.3 is 6.03 Å². The molecule has 1 aliphatic rings. The molecule has 1 aliphatic heterocycles. The summed E-state index contributed by atoms with van der Waals surface area (Å²) >= 11 is 0. The van der Waals surface area contributed by atoms with Gasteiger partial charge in [0.15, 0.2) is 0 Å². The van der Waals surface area contributed by atoms with Gasteiger partial charge in [-0.25, -0.2) is 9.78 Å². The molecule has 1 aromatic carbocycles. The summed E-state index contributed by atoms with van der Waals surface area (Å²) < 4.78 is 0. The molecule has 2 unspecified atom stereocenters. The van der Waals surface area contributed by atoms with E-state index >= 15 is 0 Å². The van der Waals surface area contributed by atoms with E-state index in [4.69, 9.17) is 4.98 Å². The van der Waals surface area contributed by atoms with Crippen molar-refractivity contribution in [1.82, 2.24) is 30.4 Å². The zero-order valence-electron chi connectivity index (χ0n) is 16.0. The zero-order chi connectivity index (χ0) is 19.0. The van der Waals surface area contributed by atoms with Crippen molar-refractivity contribution in [2.75, 3.05) is 6.54 Å². The Balaban J connectivity index is 1.45. The van der Waals surface area contributed by atoms with E-state index in [-0.39, 0.29) is 18.1 Å². The van der Waals surface area contributed by atoms with Crippen LogP contribution >= 0.6 is 0 Å². The van der Waals surface area contributed by atoms with Crippen LogP contribution in [-0.2, 0) is 6.42 Å². The molecular weight excluding hydrogens is 340 g/mol. The van der Waals surface area contributed by atoms with Crippen LogP contribution in [0.3, 0.4) is 0 Å². The van der Waals surface area contributed by atoms with E-state index in [0.29, 0.717) is 6.42 Å². The van der Waals surface area contributed by atoms with Crippen molar-refractivity contribution in [3.63, 3.8) is 0 Å². The number of aryl methyl sites for hydroxylation is 2. The van der Waals surface area contributed by atoms with Gasteiger partial charge in [-0.2, -0.15) is 5.10 Å². The first-order chi connectivity index (χ1) is 13.0. The SMILES string of the molecule is Cc1ccc2nc(C3CCCN3C(=O)NC(C)Cc3cc(C)[nH]n3)[nH]c2c1. The zero-order valence-corrected chi connectivity index (χ0v) is 16.0. The Kier molecular flexibility index (Phi) is 4.59. The van der Waals surface area contributed by atoms with E-state index < -0.39 is 0 Å². The Morgan fingerprint density at radius 1 is 1.37 bits per heavy atom. The fourth-order valence-electron chi connectivity index (χ4n) is 3.83. The number of carbonyl (C=O) groups is 1. The molecule has 3 aromatic rings. The summed E-state index contributed by atoms with van der Waals surface area (Å²) in [4.78, 5) is 22.9. The largest absolute Gasteiger partial charge is 0.340 e. The molecule has 2 aromatic heterocycles. The monoisotopic (exact) mass is 366 g/mol. The highest BCUT2D eigenvalue weighted by Gasteiger charge is 2.32. The number of fused-ring (bicyclic) bond motifs is 1. The standard InChI is InChI=1S/C20H26N6O/c1-12-6-7-16-17(9-12)23-19(22-16)18-5-4-8-26(18)20(27)21-13(2)10-15-11-14(3)24-25-15/h6-7,9,11,13,18H,4-5,8,10H2,1-3H3,(H,21,27)(H,22,23)(H,24,25). The van der Waals surface area contributed by atoms with Crippen LogP contribution in [0.2, 0.25) is 0 Å². The lowest BCUT2D eigenvalue weighted by molar-refractivity contribution is 0.188. The fourth-order valence-corrected chi connectivity index (χ4v) is 3.83. The third-order valence-electron chi connectivity index (χ3n) is 5.13. The summed E-state index contributed by atoms with van der Waals surface area (Å²) in [6.07, 6.45) is 2.62. The van der Waals surface area contributed by atoms with Crippen LogP contribution in [0.1, 0.15) is 48.6 Å². The highest BCUT2D eigenvalue weighted by atomic mass is 16.2. The predicted octanol–water partition coefficient (Wildman–Crippen LogP) is 3.38. The van der Waals surface area contributed by atoms with Crippen LogP contribution in [-0.4, -0.2) is 43.7 Å². The van der Waals surface area contributed by atoms with Crippen molar-refractivity contribution in [3.8, 4) is 0 Å². The van der Waals surface area contributed by atoms with Crippen LogP contribution in [0.25, 0.3) is 11.0 Å². The van der Waals surface area contributed by atoms with Crippen molar-refractivity contribution in [3.05, 3.63) is 47.0 Å². The van der Waals surface area contributed by atoms with Crippen LogP contribution in [0, 0.1) is 13.8 Å². The average molecular weight is 366 g/mol. The van der Waals surface area contributed by atoms with Gasteiger partial charge in [-0.05, 0) is 57.4 Å². The lowest BCUT2D eigenvalue weighted by atomic mass is 10.2. The number of imidazole rings is 1. The van der Waals surface area contributed by atoms with Crippen LogP contribution < -0.4 is 5.32 Å². The number of aromatic amines is 2. The molecule has 142 valence electrons. The maximum atomic E-state index is 12.8. The summed E-state index contributed by atoms with van der Waals surface area (Å²) in [6.45, 7) is 6.80. The number of rotatable bonds is 4. The third-order valence-corrected chi connectivity index (χ3v) is 5.13. The van der Waals surface area contributed by atoms with Crippen LogP contribution in [0.15, 0.2) is 24.3 Å². The first kappa shape index (κ1) is 17.6. The Labute approximate surface area is 158 Å². The van der Waals surface area contributed by atoms with E-state index in [1.54, 1.807) is 0 Å². The van der Waals surface area contributed by atoms with Crippen molar-refractivity contribution in [2.45, 2.75) is 52.1 Å². The Bertz CT molecular complexity index is 958. The van der Waals surface area contributed by atoms with Gasteiger partial charge in [-0.15, -0.1) is 0 Å².